The molecular weight excluding hydrogens is 206 g/mol. The van der Waals surface area contributed by atoms with Gasteiger partial charge in [0.2, 0.25) is 0 Å². The fourth-order valence-electron chi connectivity index (χ4n) is 1.47. The van der Waals surface area contributed by atoms with Gasteiger partial charge in [0.15, 0.2) is 0 Å². The van der Waals surface area contributed by atoms with Gasteiger partial charge in [-0.25, -0.2) is 0 Å². The highest BCUT2D eigenvalue weighted by Crippen LogP contribution is 2.08. The molecule has 0 aliphatic carbocycles. The maximum Gasteiger partial charge on any atom is 0.254 e. The van der Waals surface area contributed by atoms with Gasteiger partial charge in [-0.1, -0.05) is 0 Å². The molecule has 0 atom stereocenters. The Morgan fingerprint density at radius 1 is 1.31 bits per heavy atom. The molecule has 1 amide bonds. The SMILES string of the molecule is Cc1occc1C(=O)NCCc1ccco1. The van der Waals surface area contributed by atoms with Crippen LogP contribution in [0, 0.1) is 6.92 Å². The van der Waals surface area contributed by atoms with Gasteiger partial charge in [0.05, 0.1) is 18.1 Å². The number of nitrogens with one attached hydrogen (secondary N) is 1. The smallest absolute Gasteiger partial charge is 0.254 e. The number of carbonyl (C=O) groups excluding carboxylic acids is 1. The molecule has 2 rings (SSSR count). The Morgan fingerprint density at radius 3 is 2.81 bits per heavy atom. The Bertz CT molecular complexity index is 456. The van der Waals surface area contributed by atoms with Crippen LogP contribution in [0.5, 0.6) is 0 Å². The molecule has 2 aromatic rings. The Morgan fingerprint density at radius 2 is 2.19 bits per heavy atom. The lowest BCUT2D eigenvalue weighted by Crippen LogP contribution is -2.25. The Hall–Kier alpha value is -1.97. The number of aryl methyl sites for hydroxylation is 1. The third-order valence-corrected chi connectivity index (χ3v) is 2.34. The Kier molecular flexibility index (Phi) is 3.10. The predicted molar refractivity (Wildman–Crippen MR) is 58.2 cm³/mol. The topological polar surface area (TPSA) is 55.4 Å². The van der Waals surface area contributed by atoms with E-state index in [2.05, 4.69) is 5.32 Å². The van der Waals surface area contributed by atoms with E-state index in [1.165, 1.54) is 6.26 Å². The molecule has 4 heteroatoms. The normalized spacial score (nSPS) is 10.3. The fraction of sp³-hybridized carbons (Fsp3) is 0.250. The van der Waals surface area contributed by atoms with Crippen LogP contribution in [0.1, 0.15) is 21.9 Å². The monoisotopic (exact) mass is 219 g/mol. The second kappa shape index (κ2) is 4.70. The Balaban J connectivity index is 1.83. The lowest BCUT2D eigenvalue weighted by molar-refractivity contribution is 0.0952. The number of rotatable bonds is 4. The van der Waals surface area contributed by atoms with Gasteiger partial charge in [0.1, 0.15) is 11.5 Å². The maximum atomic E-state index is 11.7. The van der Waals surface area contributed by atoms with E-state index >= 15 is 0 Å². The molecule has 0 aromatic carbocycles. The van der Waals surface area contributed by atoms with E-state index in [4.69, 9.17) is 8.83 Å². The molecule has 0 saturated heterocycles. The minimum atomic E-state index is -0.113. The van der Waals surface area contributed by atoms with Gasteiger partial charge in [-0.3, -0.25) is 4.79 Å². The predicted octanol–water partition coefficient (Wildman–Crippen LogP) is 2.15. The first-order valence-corrected chi connectivity index (χ1v) is 5.12. The number of hydrogen-bond acceptors (Lipinski definition) is 3. The number of furan rings is 2. The van der Waals surface area contributed by atoms with Crippen LogP contribution >= 0.6 is 0 Å². The van der Waals surface area contributed by atoms with Crippen molar-refractivity contribution in [3.63, 3.8) is 0 Å². The van der Waals surface area contributed by atoms with Gasteiger partial charge < -0.3 is 14.2 Å². The summed E-state index contributed by atoms with van der Waals surface area (Å²) in [6.45, 7) is 2.32. The molecule has 0 aliphatic rings. The molecule has 0 unspecified atom stereocenters. The van der Waals surface area contributed by atoms with Gasteiger partial charge in [-0.2, -0.15) is 0 Å². The molecule has 4 nitrogen and oxygen atoms in total. The minimum absolute atomic E-state index is 0.113. The van der Waals surface area contributed by atoms with Crippen LogP contribution in [0.25, 0.3) is 0 Å². The van der Waals surface area contributed by atoms with Crippen molar-refractivity contribution < 1.29 is 13.6 Å². The van der Waals surface area contributed by atoms with Crippen LogP contribution < -0.4 is 5.32 Å². The molecule has 2 aromatic heterocycles. The number of carbonyl (C=O) groups is 1. The zero-order valence-corrected chi connectivity index (χ0v) is 9.03. The lowest BCUT2D eigenvalue weighted by Gasteiger charge is -2.02. The molecule has 0 aliphatic heterocycles. The molecule has 2 heterocycles. The van der Waals surface area contributed by atoms with Crippen molar-refractivity contribution in [3.05, 3.63) is 47.8 Å². The Labute approximate surface area is 93.2 Å². The van der Waals surface area contributed by atoms with Gasteiger partial charge >= 0.3 is 0 Å². The summed E-state index contributed by atoms with van der Waals surface area (Å²) in [6, 6.07) is 5.38. The average molecular weight is 219 g/mol. The van der Waals surface area contributed by atoms with Crippen LogP contribution in [0.4, 0.5) is 0 Å². The molecule has 0 saturated carbocycles. The fourth-order valence-corrected chi connectivity index (χ4v) is 1.47. The summed E-state index contributed by atoms with van der Waals surface area (Å²) in [5.41, 5.74) is 0.583. The van der Waals surface area contributed by atoms with E-state index in [0.717, 1.165) is 5.76 Å². The second-order valence-corrected chi connectivity index (χ2v) is 3.48. The molecule has 1 N–H and O–H groups in total. The zero-order chi connectivity index (χ0) is 11.4. The highest BCUT2D eigenvalue weighted by molar-refractivity contribution is 5.94. The van der Waals surface area contributed by atoms with Crippen LogP contribution in [0.2, 0.25) is 0 Å². The maximum absolute atomic E-state index is 11.7. The minimum Gasteiger partial charge on any atom is -0.469 e. The van der Waals surface area contributed by atoms with Crippen molar-refractivity contribution >= 4 is 5.91 Å². The van der Waals surface area contributed by atoms with Crippen LogP contribution in [0.15, 0.2) is 39.6 Å². The van der Waals surface area contributed by atoms with Crippen molar-refractivity contribution in [1.82, 2.24) is 5.32 Å². The molecule has 84 valence electrons. The van der Waals surface area contributed by atoms with Crippen molar-refractivity contribution in [1.29, 1.82) is 0 Å². The largest absolute Gasteiger partial charge is 0.469 e. The van der Waals surface area contributed by atoms with Crippen molar-refractivity contribution in [2.45, 2.75) is 13.3 Å². The molecule has 0 bridgehead atoms. The number of amides is 1. The van der Waals surface area contributed by atoms with Gasteiger partial charge in [-0.15, -0.1) is 0 Å². The lowest BCUT2D eigenvalue weighted by atomic mass is 10.2. The van der Waals surface area contributed by atoms with E-state index in [-0.39, 0.29) is 5.91 Å². The van der Waals surface area contributed by atoms with E-state index in [9.17, 15) is 4.79 Å². The third kappa shape index (κ3) is 2.34. The average Bonchev–Trinajstić information content (AvgIpc) is 2.88. The summed E-state index contributed by atoms with van der Waals surface area (Å²) in [6.07, 6.45) is 3.82. The molecule has 0 spiro atoms. The summed E-state index contributed by atoms with van der Waals surface area (Å²) in [4.78, 5) is 11.7. The first-order valence-electron chi connectivity index (χ1n) is 5.12. The van der Waals surface area contributed by atoms with E-state index in [1.54, 1.807) is 19.3 Å². The van der Waals surface area contributed by atoms with Crippen LogP contribution in [-0.4, -0.2) is 12.5 Å². The highest BCUT2D eigenvalue weighted by Gasteiger charge is 2.10. The highest BCUT2D eigenvalue weighted by atomic mass is 16.3. The molecular formula is C12H13NO3. The van der Waals surface area contributed by atoms with Gasteiger partial charge in [0.25, 0.3) is 5.91 Å². The van der Waals surface area contributed by atoms with Crippen LogP contribution in [0.3, 0.4) is 0 Å². The summed E-state index contributed by atoms with van der Waals surface area (Å²) < 4.78 is 10.2. The first kappa shape index (κ1) is 10.5. The molecule has 0 fully saturated rings. The van der Waals surface area contributed by atoms with E-state index in [0.29, 0.717) is 24.3 Å². The van der Waals surface area contributed by atoms with Crippen molar-refractivity contribution in [2.24, 2.45) is 0 Å². The summed E-state index contributed by atoms with van der Waals surface area (Å²) in [7, 11) is 0. The van der Waals surface area contributed by atoms with E-state index < -0.39 is 0 Å². The van der Waals surface area contributed by atoms with Crippen molar-refractivity contribution in [3.8, 4) is 0 Å². The zero-order valence-electron chi connectivity index (χ0n) is 9.03. The summed E-state index contributed by atoms with van der Waals surface area (Å²) in [5.74, 6) is 1.39. The quantitative estimate of drug-likeness (QED) is 0.857. The summed E-state index contributed by atoms with van der Waals surface area (Å²) in [5, 5.41) is 2.81. The van der Waals surface area contributed by atoms with Gasteiger partial charge in [0, 0.05) is 13.0 Å². The molecule has 0 radical (unpaired) electrons. The third-order valence-electron chi connectivity index (χ3n) is 2.34. The number of hydrogen-bond donors (Lipinski definition) is 1. The summed E-state index contributed by atoms with van der Waals surface area (Å²) >= 11 is 0. The van der Waals surface area contributed by atoms with Crippen LogP contribution in [-0.2, 0) is 6.42 Å². The molecule has 16 heavy (non-hydrogen) atoms. The van der Waals surface area contributed by atoms with Gasteiger partial charge in [-0.05, 0) is 25.1 Å². The van der Waals surface area contributed by atoms with E-state index in [1.807, 2.05) is 12.1 Å². The standard InChI is InChI=1S/C12H13NO3/c1-9-11(5-8-15-9)12(14)13-6-4-10-3-2-7-16-10/h2-3,5,7-8H,4,6H2,1H3,(H,13,14). The second-order valence-electron chi connectivity index (χ2n) is 3.48. The first-order chi connectivity index (χ1) is 7.77. The van der Waals surface area contributed by atoms with Crippen molar-refractivity contribution in [2.75, 3.05) is 6.54 Å².